The van der Waals surface area contributed by atoms with Gasteiger partial charge in [-0.3, -0.25) is 0 Å². The van der Waals surface area contributed by atoms with Crippen LogP contribution in [-0.2, 0) is 0 Å². The van der Waals surface area contributed by atoms with Crippen molar-refractivity contribution < 1.29 is 5.11 Å². The van der Waals surface area contributed by atoms with E-state index in [1.165, 1.54) is 64.2 Å². The maximum atomic E-state index is 10.9. The van der Waals surface area contributed by atoms with Crippen LogP contribution in [0.2, 0.25) is 0 Å². The molecule has 34 heavy (non-hydrogen) atoms. The number of hydrazone groups is 1. The van der Waals surface area contributed by atoms with Gasteiger partial charge in [0.2, 0.25) is 0 Å². The number of hydrogen-bond donors (Lipinski definition) is 2. The predicted molar refractivity (Wildman–Crippen MR) is 142 cm³/mol. The van der Waals surface area contributed by atoms with Crippen molar-refractivity contribution in [1.29, 1.82) is 0 Å². The minimum Gasteiger partial charge on any atom is -0.393 e. The molecule has 5 aliphatic rings. The van der Waals surface area contributed by atoms with Crippen LogP contribution in [-0.4, -0.2) is 16.9 Å². The van der Waals surface area contributed by atoms with Crippen LogP contribution in [0, 0.1) is 44.3 Å². The fourth-order valence-electron chi connectivity index (χ4n) is 10.8. The molecule has 0 saturated heterocycles. The standard InChI is InChI=1S/C31H52N2O/c1-20(33-32)28(5)16-15-27(4)17-18-30(7)22-9-10-23-26(2,3)25(34)12-13-29(23,6)21(22)11-14-31(30,8)24(27)19-28/h23-25,34H,9-19,32H2,1-8H3/b33-20+/t23-,24+,25-,27+,28+,29+,30+,31-/m0/s1. The molecule has 5 rings (SSSR count). The molecule has 3 N–H and O–H groups in total. The van der Waals surface area contributed by atoms with Gasteiger partial charge in [0.05, 0.1) is 6.10 Å². The maximum absolute atomic E-state index is 10.9. The van der Waals surface area contributed by atoms with Crippen LogP contribution in [0.4, 0.5) is 0 Å². The lowest BCUT2D eigenvalue weighted by atomic mass is 9.35. The third-order valence-electron chi connectivity index (χ3n) is 13.8. The Morgan fingerprint density at radius 3 is 2.18 bits per heavy atom. The number of hydrogen-bond acceptors (Lipinski definition) is 3. The summed E-state index contributed by atoms with van der Waals surface area (Å²) >= 11 is 0. The molecule has 3 fully saturated rings. The van der Waals surface area contributed by atoms with Gasteiger partial charge in [-0.25, -0.2) is 0 Å². The topological polar surface area (TPSA) is 58.6 Å². The predicted octanol–water partition coefficient (Wildman–Crippen LogP) is 7.63. The SMILES string of the molecule is C/C(=N\N)[C@]1(C)CC[C@]2(C)CC[C@]3(C)C4=C(CC[C@@]3(C)[C@@H]2C1)[C@@]1(C)CC[C@H](O)C(C)(C)[C@@H]1CC4. The molecule has 3 heteroatoms. The Balaban J connectivity index is 1.58. The van der Waals surface area contributed by atoms with E-state index in [1.54, 1.807) is 0 Å². The van der Waals surface area contributed by atoms with Crippen molar-refractivity contribution in [1.82, 2.24) is 0 Å². The molecule has 0 heterocycles. The Bertz CT molecular complexity index is 934. The molecule has 0 bridgehead atoms. The van der Waals surface area contributed by atoms with Gasteiger partial charge in [0.1, 0.15) is 0 Å². The van der Waals surface area contributed by atoms with Gasteiger partial charge < -0.3 is 10.9 Å². The highest BCUT2D eigenvalue weighted by Crippen LogP contribution is 2.75. The van der Waals surface area contributed by atoms with Crippen LogP contribution in [0.3, 0.4) is 0 Å². The number of fused-ring (bicyclic) bond motifs is 6. The normalized spacial score (nSPS) is 52.9. The molecule has 0 aromatic rings. The smallest absolute Gasteiger partial charge is 0.0594 e. The molecule has 0 amide bonds. The molecule has 0 aromatic carbocycles. The van der Waals surface area contributed by atoms with Crippen molar-refractivity contribution in [3.63, 3.8) is 0 Å². The Hall–Kier alpha value is -0.830. The summed E-state index contributed by atoms with van der Waals surface area (Å²) in [7, 11) is 0. The molecule has 8 atom stereocenters. The molecule has 0 spiro atoms. The second-order valence-electron chi connectivity index (χ2n) is 15.3. The molecule has 3 saturated carbocycles. The number of aliphatic hydroxyl groups excluding tert-OH is 1. The molecule has 0 unspecified atom stereocenters. The van der Waals surface area contributed by atoms with Gasteiger partial charge in [-0.2, -0.15) is 5.10 Å². The number of rotatable bonds is 1. The van der Waals surface area contributed by atoms with Crippen LogP contribution in [0.5, 0.6) is 0 Å². The highest BCUT2D eigenvalue weighted by atomic mass is 16.3. The monoisotopic (exact) mass is 468 g/mol. The van der Waals surface area contributed by atoms with Crippen LogP contribution in [0.15, 0.2) is 16.2 Å². The Labute approximate surface area is 209 Å². The van der Waals surface area contributed by atoms with E-state index in [0.29, 0.717) is 22.2 Å². The second-order valence-corrected chi connectivity index (χ2v) is 15.3. The highest BCUT2D eigenvalue weighted by Gasteiger charge is 2.66. The summed E-state index contributed by atoms with van der Waals surface area (Å²) in [5, 5.41) is 15.1. The van der Waals surface area contributed by atoms with Gasteiger partial charge in [0.15, 0.2) is 0 Å². The number of aliphatic hydroxyl groups is 1. The van der Waals surface area contributed by atoms with E-state index >= 15 is 0 Å². The van der Waals surface area contributed by atoms with Gasteiger partial charge in [-0.05, 0) is 116 Å². The van der Waals surface area contributed by atoms with Crippen LogP contribution >= 0.6 is 0 Å². The first-order chi connectivity index (χ1) is 15.7. The first kappa shape index (κ1) is 24.8. The van der Waals surface area contributed by atoms with E-state index < -0.39 is 0 Å². The van der Waals surface area contributed by atoms with E-state index in [4.69, 9.17) is 5.84 Å². The molecule has 192 valence electrons. The highest BCUT2D eigenvalue weighted by molar-refractivity contribution is 5.87. The minimum atomic E-state index is -0.153. The van der Waals surface area contributed by atoms with Crippen molar-refractivity contribution in [2.45, 2.75) is 132 Å². The molecule has 0 radical (unpaired) electrons. The molecular formula is C31H52N2O. The van der Waals surface area contributed by atoms with E-state index in [2.05, 4.69) is 60.5 Å². The Morgan fingerprint density at radius 2 is 1.50 bits per heavy atom. The fraction of sp³-hybridized carbons (Fsp3) is 0.903. The quantitative estimate of drug-likeness (QED) is 0.180. The van der Waals surface area contributed by atoms with E-state index in [1.807, 2.05) is 11.1 Å². The summed E-state index contributed by atoms with van der Waals surface area (Å²) in [6.45, 7) is 19.8. The third kappa shape index (κ3) is 2.94. The van der Waals surface area contributed by atoms with Crippen LogP contribution in [0.1, 0.15) is 126 Å². The number of nitrogens with zero attached hydrogens (tertiary/aromatic N) is 1. The van der Waals surface area contributed by atoms with Crippen LogP contribution in [0.25, 0.3) is 0 Å². The molecular weight excluding hydrogens is 416 g/mol. The van der Waals surface area contributed by atoms with Crippen molar-refractivity contribution >= 4 is 5.71 Å². The zero-order valence-electron chi connectivity index (χ0n) is 23.5. The largest absolute Gasteiger partial charge is 0.393 e. The average Bonchev–Trinajstić information content (AvgIpc) is 2.78. The second kappa shape index (κ2) is 7.36. The van der Waals surface area contributed by atoms with E-state index in [0.717, 1.165) is 18.1 Å². The first-order valence-electron chi connectivity index (χ1n) is 14.3. The summed E-state index contributed by atoms with van der Waals surface area (Å²) in [4.78, 5) is 0. The van der Waals surface area contributed by atoms with Crippen molar-refractivity contribution in [3.05, 3.63) is 11.1 Å². The maximum Gasteiger partial charge on any atom is 0.0594 e. The summed E-state index contributed by atoms with van der Waals surface area (Å²) in [6, 6.07) is 0. The summed E-state index contributed by atoms with van der Waals surface area (Å²) in [5.41, 5.74) is 6.33. The average molecular weight is 469 g/mol. The minimum absolute atomic E-state index is 0.0165. The van der Waals surface area contributed by atoms with E-state index in [-0.39, 0.29) is 22.3 Å². The molecule has 0 aliphatic heterocycles. The number of nitrogens with two attached hydrogens (primary N) is 1. The zero-order chi connectivity index (χ0) is 24.9. The molecule has 5 aliphatic carbocycles. The van der Waals surface area contributed by atoms with Gasteiger partial charge in [0, 0.05) is 11.1 Å². The van der Waals surface area contributed by atoms with Crippen molar-refractivity contribution in [3.8, 4) is 0 Å². The lowest BCUT2D eigenvalue weighted by Gasteiger charge is -2.69. The molecule has 0 aromatic heterocycles. The lowest BCUT2D eigenvalue weighted by Crippen LogP contribution is -2.61. The Kier molecular flexibility index (Phi) is 5.38. The van der Waals surface area contributed by atoms with Gasteiger partial charge in [-0.1, -0.05) is 59.6 Å². The number of allylic oxidation sites excluding steroid dienone is 2. The summed E-state index contributed by atoms with van der Waals surface area (Å²) in [5.74, 6) is 7.16. The zero-order valence-corrected chi connectivity index (χ0v) is 23.5. The fourth-order valence-corrected chi connectivity index (χ4v) is 10.8. The van der Waals surface area contributed by atoms with Crippen molar-refractivity contribution in [2.75, 3.05) is 0 Å². The van der Waals surface area contributed by atoms with E-state index in [9.17, 15) is 5.11 Å². The van der Waals surface area contributed by atoms with Gasteiger partial charge >= 0.3 is 0 Å². The summed E-state index contributed by atoms with van der Waals surface area (Å²) < 4.78 is 0. The Morgan fingerprint density at radius 1 is 0.824 bits per heavy atom. The lowest BCUT2D eigenvalue weighted by molar-refractivity contribution is -0.149. The molecule has 3 nitrogen and oxygen atoms in total. The third-order valence-corrected chi connectivity index (χ3v) is 13.8. The van der Waals surface area contributed by atoms with Crippen LogP contribution < -0.4 is 5.84 Å². The van der Waals surface area contributed by atoms with Gasteiger partial charge in [-0.15, -0.1) is 0 Å². The summed E-state index contributed by atoms with van der Waals surface area (Å²) in [6.07, 6.45) is 13.6. The van der Waals surface area contributed by atoms with Crippen molar-refractivity contribution in [2.24, 2.45) is 55.3 Å². The first-order valence-corrected chi connectivity index (χ1v) is 14.3. The van der Waals surface area contributed by atoms with Gasteiger partial charge in [0.25, 0.3) is 0 Å².